The van der Waals surface area contributed by atoms with Crippen LogP contribution in [0, 0.1) is 3.57 Å². The Bertz CT molecular complexity index is 576. The molecule has 0 amide bonds. The van der Waals surface area contributed by atoms with Crippen LogP contribution in [0.2, 0.25) is 0 Å². The van der Waals surface area contributed by atoms with E-state index in [9.17, 15) is 0 Å². The Labute approximate surface area is 127 Å². The van der Waals surface area contributed by atoms with Crippen molar-refractivity contribution >= 4 is 28.4 Å². The predicted molar refractivity (Wildman–Crippen MR) is 85.3 cm³/mol. The van der Waals surface area contributed by atoms with Gasteiger partial charge in [0.2, 0.25) is 0 Å². The normalized spacial score (nSPS) is 11.1. The summed E-state index contributed by atoms with van der Waals surface area (Å²) in [5, 5.41) is 3.14. The van der Waals surface area contributed by atoms with Crippen LogP contribution in [-0.2, 0) is 6.54 Å². The van der Waals surface area contributed by atoms with Crippen molar-refractivity contribution in [1.82, 2.24) is 19.5 Å². The van der Waals surface area contributed by atoms with Gasteiger partial charge in [0.1, 0.15) is 11.5 Å². The number of aryl methyl sites for hydroxylation is 1. The minimum atomic E-state index is 0.360. The number of rotatable bonds is 4. The third-order valence-corrected chi connectivity index (χ3v) is 4.01. The van der Waals surface area contributed by atoms with E-state index < -0.39 is 0 Å². The molecule has 0 saturated heterocycles. The highest BCUT2D eigenvalue weighted by molar-refractivity contribution is 14.1. The van der Waals surface area contributed by atoms with Gasteiger partial charge in [0.15, 0.2) is 5.82 Å². The number of hydrogen-bond donors (Lipinski definition) is 1. The first-order valence-corrected chi connectivity index (χ1v) is 7.42. The molecule has 0 aliphatic carbocycles. The van der Waals surface area contributed by atoms with E-state index in [4.69, 9.17) is 4.98 Å². The largest absolute Gasteiger partial charge is 0.372 e. The standard InChI is InChI=1S/C13H18IN5/c1-5-19-7-16-6-9(19)12-17-11(8(2)3)10(14)13(15-4)18-12/h6-8H,5H2,1-4H3,(H,15,17,18). The Morgan fingerprint density at radius 3 is 2.68 bits per heavy atom. The van der Waals surface area contributed by atoms with E-state index in [1.165, 1.54) is 0 Å². The Morgan fingerprint density at radius 2 is 2.11 bits per heavy atom. The SMILES string of the molecule is CCn1cncc1-c1nc(NC)c(I)c(C(C)C)n1. The summed E-state index contributed by atoms with van der Waals surface area (Å²) in [6, 6.07) is 0. The van der Waals surface area contributed by atoms with Crippen LogP contribution in [0.15, 0.2) is 12.5 Å². The van der Waals surface area contributed by atoms with Crippen LogP contribution in [0.1, 0.15) is 32.4 Å². The van der Waals surface area contributed by atoms with E-state index in [0.29, 0.717) is 5.92 Å². The highest BCUT2D eigenvalue weighted by atomic mass is 127. The van der Waals surface area contributed by atoms with Gasteiger partial charge >= 0.3 is 0 Å². The van der Waals surface area contributed by atoms with Gasteiger partial charge in [-0.15, -0.1) is 0 Å². The van der Waals surface area contributed by atoms with Crippen LogP contribution in [0.25, 0.3) is 11.5 Å². The molecule has 0 aromatic carbocycles. The summed E-state index contributed by atoms with van der Waals surface area (Å²) in [6.07, 6.45) is 3.63. The van der Waals surface area contributed by atoms with Crippen molar-refractivity contribution in [2.75, 3.05) is 12.4 Å². The van der Waals surface area contributed by atoms with E-state index >= 15 is 0 Å². The molecule has 0 unspecified atom stereocenters. The highest BCUT2D eigenvalue weighted by Gasteiger charge is 2.16. The summed E-state index contributed by atoms with van der Waals surface area (Å²) in [4.78, 5) is 13.5. The van der Waals surface area contributed by atoms with Gasteiger partial charge in [-0.05, 0) is 35.4 Å². The molecule has 0 atom stereocenters. The van der Waals surface area contributed by atoms with Gasteiger partial charge in [0.05, 0.1) is 21.8 Å². The van der Waals surface area contributed by atoms with Crippen molar-refractivity contribution in [3.05, 3.63) is 21.8 Å². The van der Waals surface area contributed by atoms with E-state index in [-0.39, 0.29) is 0 Å². The van der Waals surface area contributed by atoms with Gasteiger partial charge in [-0.2, -0.15) is 0 Å². The molecule has 2 aromatic heterocycles. The van der Waals surface area contributed by atoms with E-state index in [1.54, 1.807) is 0 Å². The zero-order chi connectivity index (χ0) is 14.0. The van der Waals surface area contributed by atoms with Gasteiger partial charge in [-0.3, -0.25) is 0 Å². The van der Waals surface area contributed by atoms with Crippen LogP contribution in [0.5, 0.6) is 0 Å². The van der Waals surface area contributed by atoms with E-state index in [1.807, 2.05) is 24.1 Å². The van der Waals surface area contributed by atoms with Crippen LogP contribution in [0.3, 0.4) is 0 Å². The first-order valence-electron chi connectivity index (χ1n) is 6.34. The first kappa shape index (κ1) is 14.2. The number of anilines is 1. The molecule has 5 nitrogen and oxygen atoms in total. The minimum Gasteiger partial charge on any atom is -0.372 e. The van der Waals surface area contributed by atoms with Crippen LogP contribution >= 0.6 is 22.6 Å². The Hall–Kier alpha value is -1.18. The molecule has 2 heterocycles. The minimum absolute atomic E-state index is 0.360. The molecule has 0 aliphatic rings. The molecule has 0 saturated carbocycles. The van der Waals surface area contributed by atoms with Crippen LogP contribution in [0.4, 0.5) is 5.82 Å². The monoisotopic (exact) mass is 371 g/mol. The van der Waals surface area contributed by atoms with Crippen molar-refractivity contribution in [3.63, 3.8) is 0 Å². The number of halogens is 1. The van der Waals surface area contributed by atoms with Crippen molar-refractivity contribution in [1.29, 1.82) is 0 Å². The van der Waals surface area contributed by atoms with Gasteiger partial charge < -0.3 is 9.88 Å². The molecule has 2 rings (SSSR count). The molecule has 0 aliphatic heterocycles. The van der Waals surface area contributed by atoms with Crippen molar-refractivity contribution in [3.8, 4) is 11.5 Å². The number of hydrogen-bond acceptors (Lipinski definition) is 4. The molecular weight excluding hydrogens is 353 g/mol. The highest BCUT2D eigenvalue weighted by Crippen LogP contribution is 2.27. The van der Waals surface area contributed by atoms with Crippen LogP contribution < -0.4 is 5.32 Å². The zero-order valence-corrected chi connectivity index (χ0v) is 13.8. The molecule has 0 fully saturated rings. The number of nitrogens with zero attached hydrogens (tertiary/aromatic N) is 4. The fourth-order valence-corrected chi connectivity index (χ4v) is 3.02. The average Bonchev–Trinajstić information content (AvgIpc) is 2.87. The van der Waals surface area contributed by atoms with Gasteiger partial charge in [0, 0.05) is 13.6 Å². The maximum Gasteiger partial charge on any atom is 0.180 e. The number of nitrogens with one attached hydrogen (secondary N) is 1. The summed E-state index contributed by atoms with van der Waals surface area (Å²) >= 11 is 2.30. The Balaban J connectivity index is 2.61. The predicted octanol–water partition coefficient (Wildman–Crippen LogP) is 3.13. The molecule has 102 valence electrons. The summed E-state index contributed by atoms with van der Waals surface area (Å²) in [5.74, 6) is 1.96. The Morgan fingerprint density at radius 1 is 1.37 bits per heavy atom. The van der Waals surface area contributed by atoms with Crippen LogP contribution in [-0.4, -0.2) is 26.6 Å². The molecule has 6 heteroatoms. The molecular formula is C13H18IN5. The molecule has 0 bridgehead atoms. The first-order chi connectivity index (χ1) is 9.08. The quantitative estimate of drug-likeness (QED) is 0.840. The fraction of sp³-hybridized carbons (Fsp3) is 0.462. The van der Waals surface area contributed by atoms with Crippen molar-refractivity contribution in [2.24, 2.45) is 0 Å². The molecule has 0 radical (unpaired) electrons. The smallest absolute Gasteiger partial charge is 0.180 e. The Kier molecular flexibility index (Phi) is 4.38. The third kappa shape index (κ3) is 2.72. The number of aromatic nitrogens is 4. The summed E-state index contributed by atoms with van der Waals surface area (Å²) in [7, 11) is 1.88. The lowest BCUT2D eigenvalue weighted by molar-refractivity contribution is 0.757. The number of imidazole rings is 1. The second kappa shape index (κ2) is 5.85. The lowest BCUT2D eigenvalue weighted by Gasteiger charge is -2.14. The van der Waals surface area contributed by atoms with E-state index in [2.05, 4.69) is 58.6 Å². The summed E-state index contributed by atoms with van der Waals surface area (Å²) in [6.45, 7) is 7.23. The lowest BCUT2D eigenvalue weighted by atomic mass is 10.1. The second-order valence-corrected chi connectivity index (χ2v) is 5.64. The summed E-state index contributed by atoms with van der Waals surface area (Å²) < 4.78 is 3.13. The van der Waals surface area contributed by atoms with Gasteiger partial charge in [-0.25, -0.2) is 15.0 Å². The fourth-order valence-electron chi connectivity index (χ4n) is 1.89. The van der Waals surface area contributed by atoms with Gasteiger partial charge in [-0.1, -0.05) is 13.8 Å². The lowest BCUT2D eigenvalue weighted by Crippen LogP contribution is -2.08. The zero-order valence-electron chi connectivity index (χ0n) is 11.6. The topological polar surface area (TPSA) is 55.6 Å². The summed E-state index contributed by atoms with van der Waals surface area (Å²) in [5.41, 5.74) is 2.02. The molecule has 19 heavy (non-hydrogen) atoms. The van der Waals surface area contributed by atoms with Gasteiger partial charge in [0.25, 0.3) is 0 Å². The maximum atomic E-state index is 4.71. The second-order valence-electron chi connectivity index (χ2n) is 4.56. The van der Waals surface area contributed by atoms with Crippen molar-refractivity contribution in [2.45, 2.75) is 33.2 Å². The van der Waals surface area contributed by atoms with Crippen molar-refractivity contribution < 1.29 is 0 Å². The average molecular weight is 371 g/mol. The molecule has 0 spiro atoms. The molecule has 2 aromatic rings. The molecule has 1 N–H and O–H groups in total. The third-order valence-electron chi connectivity index (χ3n) is 2.94. The van der Waals surface area contributed by atoms with E-state index in [0.717, 1.165) is 33.1 Å². The maximum absolute atomic E-state index is 4.71.